The molecule has 2 atom stereocenters. The third-order valence-corrected chi connectivity index (χ3v) is 3.50. The first-order chi connectivity index (χ1) is 6.50. The van der Waals surface area contributed by atoms with Crippen molar-refractivity contribution in [2.24, 2.45) is 5.41 Å². The number of rotatable bonds is 1. The molecule has 2 rings (SSSR count). The summed E-state index contributed by atoms with van der Waals surface area (Å²) in [5.41, 5.74) is 0.0857. The number of likely N-dealkylation sites (tertiary alicyclic amines) is 1. The maximum absolute atomic E-state index is 13.9. The zero-order valence-electron chi connectivity index (χ0n) is 9.59. The first kappa shape index (κ1) is 10.4. The Hall–Kier alpha value is -0.110. The molecule has 0 aromatic heterocycles. The summed E-state index contributed by atoms with van der Waals surface area (Å²) >= 11 is 0. The lowest BCUT2D eigenvalue weighted by Crippen LogP contribution is -2.54. The molecule has 1 saturated carbocycles. The third kappa shape index (κ3) is 1.95. The molecule has 0 bridgehead atoms. The monoisotopic (exact) mass is 199 g/mol. The van der Waals surface area contributed by atoms with Crippen molar-refractivity contribution in [1.82, 2.24) is 4.90 Å². The molecule has 0 N–H and O–H groups in total. The van der Waals surface area contributed by atoms with E-state index in [0.29, 0.717) is 6.04 Å². The number of alkyl halides is 1. The van der Waals surface area contributed by atoms with Crippen LogP contribution in [-0.2, 0) is 0 Å². The molecule has 2 fully saturated rings. The predicted octanol–water partition coefficient (Wildman–Crippen LogP) is 3.00. The SMILES string of the molecule is CC(C)(C)[C@H]1[C@@H](F)CCCN1C1CC1. The van der Waals surface area contributed by atoms with Gasteiger partial charge in [-0.2, -0.15) is 0 Å². The summed E-state index contributed by atoms with van der Waals surface area (Å²) in [5, 5.41) is 0. The third-order valence-electron chi connectivity index (χ3n) is 3.50. The van der Waals surface area contributed by atoms with Crippen LogP contribution in [0.5, 0.6) is 0 Å². The Morgan fingerprint density at radius 1 is 1.14 bits per heavy atom. The summed E-state index contributed by atoms with van der Waals surface area (Å²) < 4.78 is 13.9. The predicted molar refractivity (Wildman–Crippen MR) is 57.1 cm³/mol. The van der Waals surface area contributed by atoms with Crippen molar-refractivity contribution in [2.75, 3.05) is 6.54 Å². The first-order valence-corrected chi connectivity index (χ1v) is 5.90. The summed E-state index contributed by atoms with van der Waals surface area (Å²) in [7, 11) is 0. The normalized spacial score (nSPS) is 36.0. The number of nitrogens with zero attached hydrogens (tertiary/aromatic N) is 1. The van der Waals surface area contributed by atoms with Gasteiger partial charge in [0, 0.05) is 12.1 Å². The lowest BCUT2D eigenvalue weighted by Gasteiger charge is -2.45. The van der Waals surface area contributed by atoms with Gasteiger partial charge in [0.25, 0.3) is 0 Å². The van der Waals surface area contributed by atoms with Crippen LogP contribution < -0.4 is 0 Å². The lowest BCUT2D eigenvalue weighted by atomic mass is 9.79. The quantitative estimate of drug-likeness (QED) is 0.627. The van der Waals surface area contributed by atoms with Crippen LogP contribution in [0.25, 0.3) is 0 Å². The van der Waals surface area contributed by atoms with Crippen molar-refractivity contribution >= 4 is 0 Å². The Labute approximate surface area is 86.7 Å². The van der Waals surface area contributed by atoms with Crippen LogP contribution in [0, 0.1) is 5.41 Å². The van der Waals surface area contributed by atoms with Gasteiger partial charge >= 0.3 is 0 Å². The van der Waals surface area contributed by atoms with E-state index in [1.165, 1.54) is 12.8 Å². The van der Waals surface area contributed by atoms with Crippen molar-refractivity contribution in [3.05, 3.63) is 0 Å². The summed E-state index contributed by atoms with van der Waals surface area (Å²) in [6.45, 7) is 7.63. The second kappa shape index (κ2) is 3.48. The summed E-state index contributed by atoms with van der Waals surface area (Å²) in [5.74, 6) is 0. The zero-order chi connectivity index (χ0) is 10.3. The number of halogens is 1. The molecule has 0 radical (unpaired) electrons. The van der Waals surface area contributed by atoms with Gasteiger partial charge in [0.15, 0.2) is 0 Å². The van der Waals surface area contributed by atoms with Gasteiger partial charge in [0.1, 0.15) is 6.17 Å². The van der Waals surface area contributed by atoms with Crippen molar-refractivity contribution in [3.8, 4) is 0 Å². The molecule has 1 saturated heterocycles. The molecule has 1 nitrogen and oxygen atoms in total. The van der Waals surface area contributed by atoms with Crippen LogP contribution >= 0.6 is 0 Å². The second-order valence-electron chi connectivity index (χ2n) is 5.94. The molecule has 0 aromatic carbocycles. The average molecular weight is 199 g/mol. The molecule has 1 heterocycles. The van der Waals surface area contributed by atoms with E-state index in [9.17, 15) is 4.39 Å². The van der Waals surface area contributed by atoms with E-state index < -0.39 is 6.17 Å². The van der Waals surface area contributed by atoms with E-state index in [4.69, 9.17) is 0 Å². The van der Waals surface area contributed by atoms with Gasteiger partial charge in [-0.05, 0) is 37.6 Å². The van der Waals surface area contributed by atoms with E-state index in [2.05, 4.69) is 25.7 Å². The van der Waals surface area contributed by atoms with Crippen molar-refractivity contribution < 1.29 is 4.39 Å². The smallest absolute Gasteiger partial charge is 0.116 e. The molecular formula is C12H22FN. The van der Waals surface area contributed by atoms with Gasteiger partial charge in [-0.25, -0.2) is 4.39 Å². The molecule has 0 spiro atoms. The number of hydrogen-bond acceptors (Lipinski definition) is 1. The Morgan fingerprint density at radius 3 is 2.29 bits per heavy atom. The van der Waals surface area contributed by atoms with E-state index in [1.807, 2.05) is 0 Å². The minimum atomic E-state index is -0.607. The maximum atomic E-state index is 13.9. The molecule has 1 aliphatic heterocycles. The fourth-order valence-corrected chi connectivity index (χ4v) is 2.83. The van der Waals surface area contributed by atoms with Crippen molar-refractivity contribution in [3.63, 3.8) is 0 Å². The lowest BCUT2D eigenvalue weighted by molar-refractivity contribution is -0.00551. The minimum absolute atomic E-state index is 0.0857. The van der Waals surface area contributed by atoms with Gasteiger partial charge in [0.2, 0.25) is 0 Å². The van der Waals surface area contributed by atoms with Crippen LogP contribution in [0.15, 0.2) is 0 Å². The highest BCUT2D eigenvalue weighted by Gasteiger charge is 2.44. The highest BCUT2D eigenvalue weighted by molar-refractivity contribution is 4.98. The molecule has 0 amide bonds. The minimum Gasteiger partial charge on any atom is -0.294 e. The molecule has 1 aliphatic carbocycles. The van der Waals surface area contributed by atoms with Crippen LogP contribution in [0.2, 0.25) is 0 Å². The molecule has 0 aromatic rings. The van der Waals surface area contributed by atoms with Crippen LogP contribution in [0.4, 0.5) is 4.39 Å². The van der Waals surface area contributed by atoms with Gasteiger partial charge < -0.3 is 0 Å². The largest absolute Gasteiger partial charge is 0.294 e. The van der Waals surface area contributed by atoms with Crippen molar-refractivity contribution in [1.29, 1.82) is 0 Å². The molecule has 0 unspecified atom stereocenters. The fourth-order valence-electron chi connectivity index (χ4n) is 2.83. The van der Waals surface area contributed by atoms with Gasteiger partial charge in [-0.1, -0.05) is 20.8 Å². The fraction of sp³-hybridized carbons (Fsp3) is 1.00. The number of hydrogen-bond donors (Lipinski definition) is 0. The second-order valence-corrected chi connectivity index (χ2v) is 5.94. The number of piperidine rings is 1. The Kier molecular flexibility index (Phi) is 2.59. The first-order valence-electron chi connectivity index (χ1n) is 5.90. The highest BCUT2D eigenvalue weighted by atomic mass is 19.1. The molecule has 14 heavy (non-hydrogen) atoms. The average Bonchev–Trinajstić information content (AvgIpc) is 2.83. The zero-order valence-corrected chi connectivity index (χ0v) is 9.59. The van der Waals surface area contributed by atoms with E-state index >= 15 is 0 Å². The topological polar surface area (TPSA) is 3.24 Å². The van der Waals surface area contributed by atoms with Crippen LogP contribution in [0.3, 0.4) is 0 Å². The molecule has 2 aliphatic rings. The Morgan fingerprint density at radius 2 is 1.79 bits per heavy atom. The van der Waals surface area contributed by atoms with Crippen LogP contribution in [0.1, 0.15) is 46.5 Å². The van der Waals surface area contributed by atoms with E-state index in [0.717, 1.165) is 19.4 Å². The van der Waals surface area contributed by atoms with Gasteiger partial charge in [-0.15, -0.1) is 0 Å². The molecule has 2 heteroatoms. The molecule has 82 valence electrons. The highest BCUT2D eigenvalue weighted by Crippen LogP contribution is 2.40. The van der Waals surface area contributed by atoms with Gasteiger partial charge in [0.05, 0.1) is 0 Å². The standard InChI is InChI=1S/C12H22FN/c1-12(2,3)11-10(13)5-4-8-14(11)9-6-7-9/h9-11H,4-8H2,1-3H3/t10-,11+/m0/s1. The maximum Gasteiger partial charge on any atom is 0.116 e. The van der Waals surface area contributed by atoms with E-state index in [-0.39, 0.29) is 11.5 Å². The molecular weight excluding hydrogens is 177 g/mol. The summed E-state index contributed by atoms with van der Waals surface area (Å²) in [6, 6.07) is 0.863. The Bertz CT molecular complexity index is 205. The Balaban J connectivity index is 2.12. The van der Waals surface area contributed by atoms with Crippen LogP contribution in [-0.4, -0.2) is 29.7 Å². The van der Waals surface area contributed by atoms with Crippen molar-refractivity contribution in [2.45, 2.75) is 64.7 Å². The van der Waals surface area contributed by atoms with E-state index in [1.54, 1.807) is 0 Å². The summed E-state index contributed by atoms with van der Waals surface area (Å²) in [4.78, 5) is 2.44. The summed E-state index contributed by atoms with van der Waals surface area (Å²) in [6.07, 6.45) is 3.79. The van der Waals surface area contributed by atoms with Gasteiger partial charge in [-0.3, -0.25) is 4.90 Å².